The van der Waals surface area contributed by atoms with Gasteiger partial charge in [0.05, 0.1) is 11.1 Å². The number of rotatable bonds is 6. The summed E-state index contributed by atoms with van der Waals surface area (Å²) < 4.78 is 18.6. The summed E-state index contributed by atoms with van der Waals surface area (Å²) >= 11 is 0. The first-order valence-electron chi connectivity index (χ1n) is 9.40. The van der Waals surface area contributed by atoms with Gasteiger partial charge in [0.15, 0.2) is 0 Å². The average molecular weight is 362 g/mol. The van der Waals surface area contributed by atoms with Crippen molar-refractivity contribution in [2.24, 2.45) is 10.6 Å². The molecule has 1 saturated heterocycles. The van der Waals surface area contributed by atoms with Gasteiger partial charge >= 0.3 is 0 Å². The molecule has 0 bridgehead atoms. The van der Waals surface area contributed by atoms with Crippen LogP contribution in [0.1, 0.15) is 51.5 Å². The SMILES string of the molecule is CC[C@H](C)NC(=O)C1(C[C@@H]2CC(c3ccc(F)cc3)=NO2)CCOCC1. The highest BCUT2D eigenvalue weighted by Gasteiger charge is 2.43. The molecule has 1 aromatic rings. The lowest BCUT2D eigenvalue weighted by atomic mass is 9.74. The van der Waals surface area contributed by atoms with E-state index in [1.54, 1.807) is 12.1 Å². The monoisotopic (exact) mass is 362 g/mol. The molecule has 1 amide bonds. The van der Waals surface area contributed by atoms with Gasteiger partial charge in [-0.05, 0) is 43.9 Å². The third kappa shape index (κ3) is 4.23. The molecule has 5 nitrogen and oxygen atoms in total. The Balaban J connectivity index is 1.66. The topological polar surface area (TPSA) is 59.9 Å². The molecular formula is C20H27FN2O3. The Hall–Kier alpha value is -1.95. The van der Waals surface area contributed by atoms with Gasteiger partial charge in [0.25, 0.3) is 0 Å². The summed E-state index contributed by atoms with van der Waals surface area (Å²) in [6, 6.07) is 6.41. The zero-order valence-corrected chi connectivity index (χ0v) is 15.5. The van der Waals surface area contributed by atoms with Crippen LogP contribution in [0.15, 0.2) is 29.4 Å². The highest BCUT2D eigenvalue weighted by atomic mass is 19.1. The van der Waals surface area contributed by atoms with Crippen molar-refractivity contribution in [2.45, 2.75) is 58.1 Å². The van der Waals surface area contributed by atoms with Gasteiger partial charge in [-0.2, -0.15) is 0 Å². The second-order valence-electron chi connectivity index (χ2n) is 7.36. The Bertz CT molecular complexity index is 654. The van der Waals surface area contributed by atoms with Crippen LogP contribution in [0.25, 0.3) is 0 Å². The van der Waals surface area contributed by atoms with Crippen LogP contribution in [0.4, 0.5) is 4.39 Å². The van der Waals surface area contributed by atoms with Gasteiger partial charge in [-0.1, -0.05) is 24.2 Å². The van der Waals surface area contributed by atoms with Gasteiger partial charge in [-0.3, -0.25) is 4.79 Å². The van der Waals surface area contributed by atoms with E-state index in [2.05, 4.69) is 17.4 Å². The number of amides is 1. The van der Waals surface area contributed by atoms with E-state index in [4.69, 9.17) is 9.57 Å². The highest BCUT2D eigenvalue weighted by molar-refractivity contribution is 6.01. The fourth-order valence-electron chi connectivity index (χ4n) is 3.55. The first kappa shape index (κ1) is 18.8. The summed E-state index contributed by atoms with van der Waals surface area (Å²) in [5.41, 5.74) is 1.19. The van der Waals surface area contributed by atoms with Crippen LogP contribution in [0.2, 0.25) is 0 Å². The summed E-state index contributed by atoms with van der Waals surface area (Å²) in [6.45, 7) is 5.26. The molecule has 0 spiro atoms. The molecule has 0 saturated carbocycles. The molecule has 0 radical (unpaired) electrons. The molecule has 1 N–H and O–H groups in total. The summed E-state index contributed by atoms with van der Waals surface area (Å²) in [4.78, 5) is 18.6. The lowest BCUT2D eigenvalue weighted by molar-refractivity contribution is -0.140. The molecule has 0 aromatic heterocycles. The fraction of sp³-hybridized carbons (Fsp3) is 0.600. The van der Waals surface area contributed by atoms with Crippen molar-refractivity contribution in [3.05, 3.63) is 35.6 Å². The van der Waals surface area contributed by atoms with E-state index in [1.807, 2.05) is 6.92 Å². The molecule has 142 valence electrons. The number of carbonyl (C=O) groups excluding carboxylic acids is 1. The highest BCUT2D eigenvalue weighted by Crippen LogP contribution is 2.38. The Morgan fingerprint density at radius 3 is 2.69 bits per heavy atom. The van der Waals surface area contributed by atoms with Crippen LogP contribution in [-0.2, 0) is 14.4 Å². The molecule has 2 heterocycles. The zero-order valence-electron chi connectivity index (χ0n) is 15.5. The van der Waals surface area contributed by atoms with E-state index >= 15 is 0 Å². The van der Waals surface area contributed by atoms with Crippen LogP contribution >= 0.6 is 0 Å². The van der Waals surface area contributed by atoms with Gasteiger partial charge in [0, 0.05) is 32.1 Å². The van der Waals surface area contributed by atoms with E-state index < -0.39 is 5.41 Å². The van der Waals surface area contributed by atoms with Crippen molar-refractivity contribution < 1.29 is 18.8 Å². The van der Waals surface area contributed by atoms with E-state index in [0.29, 0.717) is 38.9 Å². The molecule has 0 aliphatic carbocycles. The maximum atomic E-state index is 13.1. The zero-order chi connectivity index (χ0) is 18.6. The van der Waals surface area contributed by atoms with Gasteiger partial charge in [-0.25, -0.2) is 4.39 Å². The predicted octanol–water partition coefficient (Wildman–Crippen LogP) is 3.42. The number of hydrogen-bond donors (Lipinski definition) is 1. The van der Waals surface area contributed by atoms with Gasteiger partial charge < -0.3 is 14.9 Å². The number of halogens is 1. The third-order valence-electron chi connectivity index (χ3n) is 5.45. The lowest BCUT2D eigenvalue weighted by Crippen LogP contribution is -2.48. The number of nitrogens with zero attached hydrogens (tertiary/aromatic N) is 1. The van der Waals surface area contributed by atoms with Crippen molar-refractivity contribution in [1.82, 2.24) is 5.32 Å². The maximum absolute atomic E-state index is 13.1. The number of oxime groups is 1. The molecule has 6 heteroatoms. The van der Waals surface area contributed by atoms with Crippen LogP contribution in [-0.4, -0.2) is 37.0 Å². The minimum absolute atomic E-state index is 0.0917. The van der Waals surface area contributed by atoms with Crippen molar-refractivity contribution in [3.63, 3.8) is 0 Å². The van der Waals surface area contributed by atoms with Crippen LogP contribution in [0, 0.1) is 11.2 Å². The molecule has 2 atom stereocenters. The first-order chi connectivity index (χ1) is 12.5. The Labute approximate surface area is 153 Å². The minimum Gasteiger partial charge on any atom is -0.392 e. The molecule has 1 fully saturated rings. The quantitative estimate of drug-likeness (QED) is 0.843. The molecule has 3 rings (SSSR count). The number of hydrogen-bond acceptors (Lipinski definition) is 4. The number of ether oxygens (including phenoxy) is 1. The van der Waals surface area contributed by atoms with Crippen LogP contribution in [0.3, 0.4) is 0 Å². The second kappa shape index (κ2) is 8.16. The van der Waals surface area contributed by atoms with Crippen molar-refractivity contribution in [1.29, 1.82) is 0 Å². The first-order valence-corrected chi connectivity index (χ1v) is 9.40. The largest absolute Gasteiger partial charge is 0.392 e. The third-order valence-corrected chi connectivity index (χ3v) is 5.45. The lowest BCUT2D eigenvalue weighted by Gasteiger charge is -2.37. The number of carbonyl (C=O) groups is 1. The molecule has 2 aliphatic heterocycles. The van der Waals surface area contributed by atoms with Gasteiger partial charge in [0.1, 0.15) is 11.9 Å². The predicted molar refractivity (Wildman–Crippen MR) is 97.4 cm³/mol. The van der Waals surface area contributed by atoms with Crippen molar-refractivity contribution in [2.75, 3.05) is 13.2 Å². The average Bonchev–Trinajstić information content (AvgIpc) is 3.11. The van der Waals surface area contributed by atoms with E-state index in [-0.39, 0.29) is 23.9 Å². The second-order valence-corrected chi connectivity index (χ2v) is 7.36. The Kier molecular flexibility index (Phi) is 5.91. The molecule has 1 aromatic carbocycles. The summed E-state index contributed by atoms with van der Waals surface area (Å²) in [5, 5.41) is 7.32. The molecular weight excluding hydrogens is 335 g/mol. The summed E-state index contributed by atoms with van der Waals surface area (Å²) in [5.74, 6) is -0.179. The van der Waals surface area contributed by atoms with Crippen LogP contribution < -0.4 is 5.32 Å². The number of benzene rings is 1. The number of nitrogens with one attached hydrogen (secondary N) is 1. The van der Waals surface area contributed by atoms with E-state index in [1.165, 1.54) is 12.1 Å². The molecule has 0 unspecified atom stereocenters. The normalized spacial score (nSPS) is 23.0. The Morgan fingerprint density at radius 1 is 1.35 bits per heavy atom. The van der Waals surface area contributed by atoms with Gasteiger partial charge in [0.2, 0.25) is 5.91 Å². The minimum atomic E-state index is -0.472. The molecule has 2 aliphatic rings. The fourth-order valence-corrected chi connectivity index (χ4v) is 3.55. The van der Waals surface area contributed by atoms with Crippen molar-refractivity contribution in [3.8, 4) is 0 Å². The van der Waals surface area contributed by atoms with E-state index in [0.717, 1.165) is 17.7 Å². The van der Waals surface area contributed by atoms with Crippen LogP contribution in [0.5, 0.6) is 0 Å². The smallest absolute Gasteiger partial charge is 0.226 e. The maximum Gasteiger partial charge on any atom is 0.226 e. The van der Waals surface area contributed by atoms with E-state index in [9.17, 15) is 9.18 Å². The summed E-state index contributed by atoms with van der Waals surface area (Å²) in [7, 11) is 0. The van der Waals surface area contributed by atoms with Gasteiger partial charge in [-0.15, -0.1) is 0 Å². The Morgan fingerprint density at radius 2 is 2.04 bits per heavy atom. The molecule has 26 heavy (non-hydrogen) atoms. The van der Waals surface area contributed by atoms with Crippen molar-refractivity contribution >= 4 is 11.6 Å². The summed E-state index contributed by atoms with van der Waals surface area (Å²) in [6.07, 6.45) is 3.39. The standard InChI is InChI=1S/C20H27FN2O3/c1-3-14(2)22-19(24)20(8-10-25-11-9-20)13-17-12-18(23-26-17)15-4-6-16(21)7-5-15/h4-7,14,17H,3,8-13H2,1-2H3,(H,22,24)/t14-,17-/m0/s1.